The van der Waals surface area contributed by atoms with E-state index in [2.05, 4.69) is 10.3 Å². The molecular weight excluding hydrogens is 327 g/mol. The van der Waals surface area contributed by atoms with E-state index >= 15 is 0 Å². The lowest BCUT2D eigenvalue weighted by atomic mass is 10.1. The molecule has 0 atom stereocenters. The predicted molar refractivity (Wildman–Crippen MR) is 81.4 cm³/mol. The van der Waals surface area contributed by atoms with Crippen LogP contribution in [-0.2, 0) is 12.1 Å². The van der Waals surface area contributed by atoms with Gasteiger partial charge in [0.05, 0.1) is 22.8 Å². The molecule has 3 nitrogen and oxygen atoms in total. The van der Waals surface area contributed by atoms with Crippen molar-refractivity contribution in [1.29, 1.82) is 0 Å². The molecule has 1 aromatic heterocycles. The molecule has 0 aliphatic heterocycles. The minimum atomic E-state index is -4.37. The highest BCUT2D eigenvalue weighted by molar-refractivity contribution is 6.17. The van der Waals surface area contributed by atoms with Gasteiger partial charge in [-0.25, -0.2) is 4.68 Å². The molecular formula is C16H11ClF3N3. The van der Waals surface area contributed by atoms with E-state index in [9.17, 15) is 13.2 Å². The van der Waals surface area contributed by atoms with Gasteiger partial charge in [0.25, 0.3) is 0 Å². The summed E-state index contributed by atoms with van der Waals surface area (Å²) < 4.78 is 39.5. The van der Waals surface area contributed by atoms with Crippen LogP contribution in [0.15, 0.2) is 54.6 Å². The van der Waals surface area contributed by atoms with Gasteiger partial charge in [-0.3, -0.25) is 0 Å². The van der Waals surface area contributed by atoms with Gasteiger partial charge in [0.15, 0.2) is 0 Å². The topological polar surface area (TPSA) is 30.7 Å². The Labute approximate surface area is 135 Å². The van der Waals surface area contributed by atoms with Crippen LogP contribution in [0.1, 0.15) is 11.3 Å². The highest BCUT2D eigenvalue weighted by Crippen LogP contribution is 2.31. The largest absolute Gasteiger partial charge is 0.416 e. The van der Waals surface area contributed by atoms with Crippen molar-refractivity contribution in [2.75, 3.05) is 0 Å². The van der Waals surface area contributed by atoms with E-state index in [-0.39, 0.29) is 5.88 Å². The first-order valence-electron chi connectivity index (χ1n) is 6.74. The zero-order valence-electron chi connectivity index (χ0n) is 11.8. The van der Waals surface area contributed by atoms with Gasteiger partial charge in [-0.1, -0.05) is 35.5 Å². The molecule has 0 fully saturated rings. The van der Waals surface area contributed by atoms with Gasteiger partial charge >= 0.3 is 6.18 Å². The van der Waals surface area contributed by atoms with Crippen molar-refractivity contribution in [2.24, 2.45) is 0 Å². The maximum absolute atomic E-state index is 12.7. The van der Waals surface area contributed by atoms with Crippen molar-refractivity contribution in [3.8, 4) is 16.9 Å². The molecule has 0 aliphatic carbocycles. The van der Waals surface area contributed by atoms with Gasteiger partial charge in [-0.15, -0.1) is 16.7 Å². The molecule has 0 spiro atoms. The number of halogens is 4. The number of nitrogens with zero attached hydrogens (tertiary/aromatic N) is 3. The minimum Gasteiger partial charge on any atom is -0.213 e. The summed E-state index contributed by atoms with van der Waals surface area (Å²) in [5.41, 5.74) is 1.85. The average Bonchev–Trinajstić information content (AvgIpc) is 2.99. The molecule has 0 saturated heterocycles. The minimum absolute atomic E-state index is 0.158. The smallest absolute Gasteiger partial charge is 0.213 e. The molecule has 0 radical (unpaired) electrons. The molecule has 7 heteroatoms. The number of hydrogen-bond donors (Lipinski definition) is 0. The molecule has 0 N–H and O–H groups in total. The van der Waals surface area contributed by atoms with Gasteiger partial charge in [0.2, 0.25) is 0 Å². The van der Waals surface area contributed by atoms with E-state index < -0.39 is 11.7 Å². The first kappa shape index (κ1) is 15.6. The quantitative estimate of drug-likeness (QED) is 0.649. The first-order chi connectivity index (χ1) is 11.0. The van der Waals surface area contributed by atoms with Gasteiger partial charge in [0, 0.05) is 5.56 Å². The van der Waals surface area contributed by atoms with Crippen LogP contribution in [0.4, 0.5) is 13.2 Å². The Morgan fingerprint density at radius 1 is 0.957 bits per heavy atom. The second-order valence-corrected chi connectivity index (χ2v) is 5.11. The third kappa shape index (κ3) is 3.07. The van der Waals surface area contributed by atoms with Crippen molar-refractivity contribution < 1.29 is 13.2 Å². The van der Waals surface area contributed by atoms with Crippen molar-refractivity contribution in [2.45, 2.75) is 12.1 Å². The summed E-state index contributed by atoms with van der Waals surface area (Å²) in [4.78, 5) is 0. The zero-order valence-corrected chi connectivity index (χ0v) is 12.5. The maximum atomic E-state index is 12.7. The van der Waals surface area contributed by atoms with Crippen molar-refractivity contribution >= 4 is 11.6 Å². The molecule has 0 amide bonds. The monoisotopic (exact) mass is 337 g/mol. The Morgan fingerprint density at radius 2 is 1.61 bits per heavy atom. The summed E-state index contributed by atoms with van der Waals surface area (Å²) in [5.74, 6) is 0.158. The number of alkyl halides is 4. The Bertz CT molecular complexity index is 796. The first-order valence-corrected chi connectivity index (χ1v) is 7.28. The summed E-state index contributed by atoms with van der Waals surface area (Å²) in [6.07, 6.45) is -4.37. The van der Waals surface area contributed by atoms with Crippen LogP contribution in [0.5, 0.6) is 0 Å². The predicted octanol–water partition coefficient (Wildman–Crippen LogP) is 4.69. The van der Waals surface area contributed by atoms with Crippen molar-refractivity contribution in [3.63, 3.8) is 0 Å². The van der Waals surface area contributed by atoms with Crippen LogP contribution >= 0.6 is 11.6 Å². The molecule has 0 saturated carbocycles. The molecule has 23 heavy (non-hydrogen) atoms. The fraction of sp³-hybridized carbons (Fsp3) is 0.125. The second-order valence-electron chi connectivity index (χ2n) is 4.84. The van der Waals surface area contributed by atoms with Crippen LogP contribution in [0.25, 0.3) is 16.9 Å². The van der Waals surface area contributed by atoms with Crippen LogP contribution in [-0.4, -0.2) is 15.0 Å². The summed E-state index contributed by atoms with van der Waals surface area (Å²) >= 11 is 5.90. The van der Waals surface area contributed by atoms with Gasteiger partial charge in [0.1, 0.15) is 5.69 Å². The summed E-state index contributed by atoms with van der Waals surface area (Å²) in [7, 11) is 0. The molecule has 118 valence electrons. The lowest BCUT2D eigenvalue weighted by Gasteiger charge is -2.10. The molecule has 2 aromatic carbocycles. The van der Waals surface area contributed by atoms with Crippen LogP contribution in [0.2, 0.25) is 0 Å². The van der Waals surface area contributed by atoms with Crippen LogP contribution in [0, 0.1) is 0 Å². The lowest BCUT2D eigenvalue weighted by Crippen LogP contribution is -2.06. The third-order valence-corrected chi connectivity index (χ3v) is 3.61. The summed E-state index contributed by atoms with van der Waals surface area (Å²) in [5, 5.41) is 8.04. The molecule has 0 unspecified atom stereocenters. The number of benzene rings is 2. The van der Waals surface area contributed by atoms with E-state index in [0.717, 1.165) is 17.7 Å². The van der Waals surface area contributed by atoms with E-state index in [0.29, 0.717) is 17.1 Å². The molecule has 1 heterocycles. The number of aromatic nitrogens is 3. The normalized spacial score (nSPS) is 11.7. The number of rotatable bonds is 3. The van der Waals surface area contributed by atoms with Crippen molar-refractivity contribution in [3.05, 3.63) is 65.9 Å². The van der Waals surface area contributed by atoms with Gasteiger partial charge in [-0.2, -0.15) is 13.2 Å². The van der Waals surface area contributed by atoms with E-state index in [1.807, 2.05) is 30.3 Å². The Kier molecular flexibility index (Phi) is 4.09. The summed E-state index contributed by atoms with van der Waals surface area (Å²) in [6.45, 7) is 0. The molecule has 0 bridgehead atoms. The fourth-order valence-corrected chi connectivity index (χ4v) is 2.44. The SMILES string of the molecule is FC(F)(F)c1ccc(-n2nnc(CCl)c2-c2ccccc2)cc1. The van der Waals surface area contributed by atoms with Crippen LogP contribution in [0.3, 0.4) is 0 Å². The van der Waals surface area contributed by atoms with E-state index in [4.69, 9.17) is 11.6 Å². The van der Waals surface area contributed by atoms with Gasteiger partial charge < -0.3 is 0 Å². The van der Waals surface area contributed by atoms with Crippen molar-refractivity contribution in [1.82, 2.24) is 15.0 Å². The zero-order chi connectivity index (χ0) is 16.4. The van der Waals surface area contributed by atoms with E-state index in [1.54, 1.807) is 0 Å². The maximum Gasteiger partial charge on any atom is 0.416 e. The highest BCUT2D eigenvalue weighted by Gasteiger charge is 2.30. The highest BCUT2D eigenvalue weighted by atomic mass is 35.5. The summed E-state index contributed by atoms with van der Waals surface area (Å²) in [6, 6.07) is 14.1. The Hall–Kier alpha value is -2.34. The average molecular weight is 338 g/mol. The second kappa shape index (κ2) is 6.04. The molecule has 3 rings (SSSR count). The standard InChI is InChI=1S/C16H11ClF3N3/c17-10-14-15(11-4-2-1-3-5-11)23(22-21-14)13-8-6-12(7-9-13)16(18,19)20/h1-9H,10H2. The van der Waals surface area contributed by atoms with Gasteiger partial charge in [-0.05, 0) is 24.3 Å². The third-order valence-electron chi connectivity index (χ3n) is 3.35. The fourth-order valence-electron chi connectivity index (χ4n) is 2.26. The van der Waals surface area contributed by atoms with E-state index in [1.165, 1.54) is 16.8 Å². The molecule has 3 aromatic rings. The van der Waals surface area contributed by atoms with Crippen LogP contribution < -0.4 is 0 Å². The number of hydrogen-bond acceptors (Lipinski definition) is 2. The Balaban J connectivity index is 2.09. The Morgan fingerprint density at radius 3 is 2.17 bits per heavy atom. The molecule has 0 aliphatic rings. The lowest BCUT2D eigenvalue weighted by molar-refractivity contribution is -0.137.